The monoisotopic (exact) mass is 322 g/mol. The molecule has 0 radical (unpaired) electrons. The van der Waals surface area contributed by atoms with Gasteiger partial charge in [-0.05, 0) is 25.1 Å². The predicted molar refractivity (Wildman–Crippen MR) is 78.6 cm³/mol. The van der Waals surface area contributed by atoms with Crippen LogP contribution < -0.4 is 4.57 Å². The van der Waals surface area contributed by atoms with E-state index in [-0.39, 0.29) is 5.75 Å². The van der Waals surface area contributed by atoms with Crippen LogP contribution in [0, 0.1) is 0 Å². The molecule has 0 bridgehead atoms. The molecular weight excluding hydrogens is 306 g/mol. The van der Waals surface area contributed by atoms with E-state index in [2.05, 4.69) is 43.3 Å². The molecule has 1 aromatic heterocycles. The van der Waals surface area contributed by atoms with Crippen LogP contribution in [0.2, 0.25) is 0 Å². The molecular formula is C14H17BrN3O+. The second-order valence-corrected chi connectivity index (χ2v) is 5.14. The minimum Gasteiger partial charge on any atom is -0.507 e. The highest BCUT2D eigenvalue weighted by Crippen LogP contribution is 2.19. The van der Waals surface area contributed by atoms with Crippen LogP contribution in [0.5, 0.6) is 5.75 Å². The predicted octanol–water partition coefficient (Wildman–Crippen LogP) is 2.38. The van der Waals surface area contributed by atoms with Crippen molar-refractivity contribution in [1.29, 1.82) is 0 Å². The molecule has 5 heteroatoms. The first-order chi connectivity index (χ1) is 9.19. The summed E-state index contributed by atoms with van der Waals surface area (Å²) in [4.78, 5) is 4.34. The molecule has 0 atom stereocenters. The lowest BCUT2D eigenvalue weighted by Gasteiger charge is -1.99. The van der Waals surface area contributed by atoms with Crippen molar-refractivity contribution in [2.24, 2.45) is 4.99 Å². The summed E-state index contributed by atoms with van der Waals surface area (Å²) in [5.74, 6) is 0.247. The number of benzene rings is 1. The molecule has 0 saturated heterocycles. The van der Waals surface area contributed by atoms with Gasteiger partial charge in [-0.15, -0.1) is 0 Å². The minimum absolute atomic E-state index is 0.247. The van der Waals surface area contributed by atoms with Gasteiger partial charge in [0.15, 0.2) is 0 Å². The Balaban J connectivity index is 1.91. The lowest BCUT2D eigenvalue weighted by atomic mass is 10.2. The molecule has 19 heavy (non-hydrogen) atoms. The van der Waals surface area contributed by atoms with Gasteiger partial charge in [0, 0.05) is 16.3 Å². The molecule has 1 aromatic carbocycles. The summed E-state index contributed by atoms with van der Waals surface area (Å²) < 4.78 is 5.15. The summed E-state index contributed by atoms with van der Waals surface area (Å²) in [5, 5.41) is 9.67. The Hall–Kier alpha value is -1.62. The number of nitrogens with zero attached hydrogens (tertiary/aromatic N) is 3. The van der Waals surface area contributed by atoms with Crippen molar-refractivity contribution in [2.75, 3.05) is 6.54 Å². The van der Waals surface area contributed by atoms with Gasteiger partial charge in [0.2, 0.25) is 6.33 Å². The van der Waals surface area contributed by atoms with Gasteiger partial charge in [0.25, 0.3) is 0 Å². The standard InChI is InChI=1S/C14H16BrN3O/c1-2-17-7-8-18(11-17)6-5-16-10-12-9-13(15)3-4-14(12)19/h3-4,7-11H,2,5-6H2,1H3/p+1. The second kappa shape index (κ2) is 6.52. The van der Waals surface area contributed by atoms with Crippen LogP contribution in [0.1, 0.15) is 12.5 Å². The van der Waals surface area contributed by atoms with E-state index in [4.69, 9.17) is 0 Å². The molecule has 0 aliphatic heterocycles. The fraction of sp³-hybridized carbons (Fsp3) is 0.286. The first-order valence-corrected chi connectivity index (χ1v) is 7.01. The Morgan fingerprint density at radius 2 is 2.32 bits per heavy atom. The highest BCUT2D eigenvalue weighted by molar-refractivity contribution is 9.10. The van der Waals surface area contributed by atoms with Gasteiger partial charge in [0.1, 0.15) is 24.7 Å². The number of hydrogen-bond donors (Lipinski definition) is 1. The number of hydrogen-bond acceptors (Lipinski definition) is 2. The third-order valence-corrected chi connectivity index (χ3v) is 3.31. The smallest absolute Gasteiger partial charge is 0.243 e. The van der Waals surface area contributed by atoms with Gasteiger partial charge in [0.05, 0.1) is 13.1 Å². The van der Waals surface area contributed by atoms with Crippen molar-refractivity contribution < 1.29 is 9.67 Å². The summed E-state index contributed by atoms with van der Waals surface area (Å²) in [5.41, 5.74) is 0.727. The van der Waals surface area contributed by atoms with Crippen molar-refractivity contribution in [3.63, 3.8) is 0 Å². The molecule has 0 aliphatic carbocycles. The van der Waals surface area contributed by atoms with Crippen LogP contribution in [0.25, 0.3) is 0 Å². The zero-order valence-corrected chi connectivity index (χ0v) is 12.4. The number of phenolic OH excluding ortho intramolecular Hbond substituents is 1. The Morgan fingerprint density at radius 3 is 3.05 bits per heavy atom. The van der Waals surface area contributed by atoms with Crippen molar-refractivity contribution in [3.8, 4) is 5.75 Å². The number of aromatic hydroxyl groups is 1. The number of aromatic nitrogens is 2. The van der Waals surface area contributed by atoms with E-state index in [1.54, 1.807) is 18.3 Å². The summed E-state index contributed by atoms with van der Waals surface area (Å²) in [6.07, 6.45) is 7.85. The molecule has 0 spiro atoms. The fourth-order valence-electron chi connectivity index (χ4n) is 1.72. The minimum atomic E-state index is 0.247. The summed E-state index contributed by atoms with van der Waals surface area (Å²) >= 11 is 3.37. The maximum absolute atomic E-state index is 9.67. The number of aliphatic imine (C=N–C) groups is 1. The van der Waals surface area contributed by atoms with E-state index in [9.17, 15) is 5.11 Å². The van der Waals surface area contributed by atoms with Gasteiger partial charge < -0.3 is 5.11 Å². The number of aryl methyl sites for hydroxylation is 1. The highest BCUT2D eigenvalue weighted by Gasteiger charge is 2.01. The van der Waals surface area contributed by atoms with Crippen molar-refractivity contribution >= 4 is 22.1 Å². The molecule has 2 rings (SSSR count). The van der Waals surface area contributed by atoms with Crippen LogP contribution in [0.4, 0.5) is 0 Å². The van der Waals surface area contributed by atoms with Crippen LogP contribution in [-0.2, 0) is 13.1 Å². The molecule has 1 N–H and O–H groups in total. The summed E-state index contributed by atoms with van der Waals surface area (Å²) in [7, 11) is 0. The summed E-state index contributed by atoms with van der Waals surface area (Å²) in [6, 6.07) is 5.30. The zero-order chi connectivity index (χ0) is 13.7. The maximum Gasteiger partial charge on any atom is 0.243 e. The van der Waals surface area contributed by atoms with Gasteiger partial charge in [-0.3, -0.25) is 4.99 Å². The summed E-state index contributed by atoms with van der Waals surface area (Å²) in [6.45, 7) is 4.60. The first-order valence-electron chi connectivity index (χ1n) is 6.22. The molecule has 0 unspecified atom stereocenters. The van der Waals surface area contributed by atoms with Gasteiger partial charge in [-0.1, -0.05) is 15.9 Å². The maximum atomic E-state index is 9.67. The van der Waals surface area contributed by atoms with E-state index in [0.717, 1.165) is 23.1 Å². The third kappa shape index (κ3) is 3.92. The topological polar surface area (TPSA) is 41.4 Å². The zero-order valence-electron chi connectivity index (χ0n) is 10.8. The van der Waals surface area contributed by atoms with Crippen LogP contribution >= 0.6 is 15.9 Å². The third-order valence-electron chi connectivity index (χ3n) is 2.82. The number of rotatable bonds is 5. The van der Waals surface area contributed by atoms with E-state index >= 15 is 0 Å². The van der Waals surface area contributed by atoms with Gasteiger partial charge in [-0.2, -0.15) is 0 Å². The lowest BCUT2D eigenvalue weighted by Crippen LogP contribution is -2.32. The lowest BCUT2D eigenvalue weighted by molar-refractivity contribution is -0.693. The molecule has 100 valence electrons. The normalized spacial score (nSPS) is 11.3. The Labute approximate surface area is 121 Å². The van der Waals surface area contributed by atoms with Gasteiger partial charge >= 0.3 is 0 Å². The van der Waals surface area contributed by atoms with E-state index < -0.39 is 0 Å². The molecule has 2 aromatic rings. The second-order valence-electron chi connectivity index (χ2n) is 4.22. The Bertz CT molecular complexity index is 578. The molecule has 0 fully saturated rings. The quantitative estimate of drug-likeness (QED) is 0.666. The van der Waals surface area contributed by atoms with Gasteiger partial charge in [-0.25, -0.2) is 9.13 Å². The molecule has 4 nitrogen and oxygen atoms in total. The Morgan fingerprint density at radius 1 is 1.47 bits per heavy atom. The van der Waals surface area contributed by atoms with E-state index in [1.807, 2.05) is 18.5 Å². The number of halogens is 1. The van der Waals surface area contributed by atoms with Crippen LogP contribution in [-0.4, -0.2) is 22.4 Å². The number of imidazole rings is 1. The largest absolute Gasteiger partial charge is 0.507 e. The number of phenols is 1. The van der Waals surface area contributed by atoms with Crippen LogP contribution in [0.3, 0.4) is 0 Å². The molecule has 1 heterocycles. The first kappa shape index (κ1) is 13.8. The van der Waals surface area contributed by atoms with E-state index in [0.29, 0.717) is 6.54 Å². The highest BCUT2D eigenvalue weighted by atomic mass is 79.9. The van der Waals surface area contributed by atoms with Crippen LogP contribution in [0.15, 0.2) is 46.4 Å². The SMILES string of the molecule is CCn1cc[n+](CCN=Cc2cc(Br)ccc2O)c1. The average Bonchev–Trinajstić information content (AvgIpc) is 2.86. The molecule has 0 saturated carbocycles. The Kier molecular flexibility index (Phi) is 4.74. The van der Waals surface area contributed by atoms with Crippen molar-refractivity contribution in [1.82, 2.24) is 4.57 Å². The average molecular weight is 323 g/mol. The van der Waals surface area contributed by atoms with E-state index in [1.165, 1.54) is 0 Å². The van der Waals surface area contributed by atoms with Crippen molar-refractivity contribution in [3.05, 3.63) is 47.0 Å². The van der Waals surface area contributed by atoms with Crippen molar-refractivity contribution in [2.45, 2.75) is 20.0 Å². The molecule has 0 amide bonds. The molecule has 0 aliphatic rings. The fourth-order valence-corrected chi connectivity index (χ4v) is 2.10.